The normalized spacial score (nSPS) is 12.7. The van der Waals surface area contributed by atoms with E-state index in [1.165, 1.54) is 4.90 Å². The molecule has 1 aromatic heterocycles. The van der Waals surface area contributed by atoms with E-state index in [1.807, 2.05) is 48.5 Å². The fourth-order valence-electron chi connectivity index (χ4n) is 5.06. The molecule has 3 aromatic rings. The number of carbonyl (C=O) groups excluding carboxylic acids is 3. The molecule has 0 bridgehead atoms. The van der Waals surface area contributed by atoms with E-state index in [0.29, 0.717) is 37.4 Å². The van der Waals surface area contributed by atoms with Gasteiger partial charge in [0.15, 0.2) is 0 Å². The zero-order chi connectivity index (χ0) is 29.9. The van der Waals surface area contributed by atoms with Crippen LogP contribution in [0.15, 0.2) is 48.5 Å². The Bertz CT molecular complexity index is 1370. The first kappa shape index (κ1) is 30.5. The monoisotopic (exact) mass is 576 g/mol. The molecule has 4 amide bonds. The molecule has 0 fully saturated rings. The van der Waals surface area contributed by atoms with Gasteiger partial charge in [-0.15, -0.1) is 5.10 Å². The predicted molar refractivity (Wildman–Crippen MR) is 161 cm³/mol. The number of anilines is 1. The van der Waals surface area contributed by atoms with Crippen LogP contribution in [0.4, 0.5) is 15.3 Å². The summed E-state index contributed by atoms with van der Waals surface area (Å²) in [6.07, 6.45) is 3.79. The van der Waals surface area contributed by atoms with Crippen LogP contribution in [0.3, 0.4) is 0 Å². The Morgan fingerprint density at radius 3 is 2.55 bits per heavy atom. The minimum absolute atomic E-state index is 0.0172. The lowest BCUT2D eigenvalue weighted by Gasteiger charge is -2.27. The molecule has 12 nitrogen and oxygen atoms in total. The van der Waals surface area contributed by atoms with E-state index in [4.69, 9.17) is 10.5 Å². The number of nitrogens with two attached hydrogens (primary N) is 1. The van der Waals surface area contributed by atoms with Gasteiger partial charge in [0.25, 0.3) is 0 Å². The van der Waals surface area contributed by atoms with Crippen LogP contribution in [0.2, 0.25) is 0 Å². The maximum Gasteiger partial charge on any atom is 0.407 e. The van der Waals surface area contributed by atoms with Gasteiger partial charge in [-0.25, -0.2) is 14.3 Å². The standard InChI is InChI=1S/C30H40N8O4/c1-3-4-16-33-24(28(39)32-2)14-9-10-17-34-30(41)42-19-18-38-27-22-12-6-5-11-21(22)20-37(29(31)40)25-15-8-7-13-23(25)26(27)35-36-38/h5-8,11-13,15,24,33H,3-4,9-10,14,16-20H2,1-2H3,(H2,31,40)(H,32,39)(H,34,41). The number of fused-ring (bicyclic) bond motifs is 5. The minimum Gasteiger partial charge on any atom is -0.448 e. The fraction of sp³-hybridized carbons (Fsp3) is 0.433. The summed E-state index contributed by atoms with van der Waals surface area (Å²) in [4.78, 5) is 38.3. The van der Waals surface area contributed by atoms with Crippen LogP contribution in [-0.4, -0.2) is 65.8 Å². The second-order valence-corrected chi connectivity index (χ2v) is 10.1. The lowest BCUT2D eigenvalue weighted by atomic mass is 9.96. The molecule has 5 N–H and O–H groups in total. The summed E-state index contributed by atoms with van der Waals surface area (Å²) in [7, 11) is 1.64. The number of primary amides is 1. The summed E-state index contributed by atoms with van der Waals surface area (Å²) in [5.74, 6) is -0.0172. The molecule has 1 aliphatic heterocycles. The number of nitrogens with zero attached hydrogens (tertiary/aromatic N) is 4. The van der Waals surface area contributed by atoms with Gasteiger partial charge < -0.3 is 26.4 Å². The van der Waals surface area contributed by atoms with Crippen LogP contribution >= 0.6 is 0 Å². The largest absolute Gasteiger partial charge is 0.448 e. The zero-order valence-corrected chi connectivity index (χ0v) is 24.3. The number of unbranched alkanes of at least 4 members (excludes halogenated alkanes) is 2. The second-order valence-electron chi connectivity index (χ2n) is 10.1. The Hall–Kier alpha value is -4.45. The number of urea groups is 1. The summed E-state index contributed by atoms with van der Waals surface area (Å²) in [6.45, 7) is 4.06. The number of rotatable bonds is 13. The van der Waals surface area contributed by atoms with Gasteiger partial charge in [0, 0.05) is 24.7 Å². The molecule has 42 heavy (non-hydrogen) atoms. The van der Waals surface area contributed by atoms with Gasteiger partial charge >= 0.3 is 12.1 Å². The molecule has 0 radical (unpaired) electrons. The Balaban J connectivity index is 1.35. The highest BCUT2D eigenvalue weighted by Gasteiger charge is 2.28. The highest BCUT2D eigenvalue weighted by molar-refractivity contribution is 5.98. The van der Waals surface area contributed by atoms with Crippen LogP contribution in [-0.2, 0) is 22.6 Å². The maximum atomic E-state index is 12.4. The van der Waals surface area contributed by atoms with Crippen molar-refractivity contribution in [2.75, 3.05) is 31.6 Å². The number of carbonyl (C=O) groups is 3. The third-order valence-corrected chi connectivity index (χ3v) is 7.26. The highest BCUT2D eigenvalue weighted by Crippen LogP contribution is 2.40. The number of hydrogen-bond donors (Lipinski definition) is 4. The van der Waals surface area contributed by atoms with Gasteiger partial charge in [-0.05, 0) is 43.9 Å². The maximum absolute atomic E-state index is 12.4. The lowest BCUT2D eigenvalue weighted by Crippen LogP contribution is -2.43. The number of aromatic nitrogens is 3. The van der Waals surface area contributed by atoms with Gasteiger partial charge in [-0.1, -0.05) is 61.0 Å². The topological polar surface area (TPSA) is 156 Å². The molecule has 2 aromatic carbocycles. The second kappa shape index (κ2) is 15.0. The Morgan fingerprint density at radius 2 is 1.79 bits per heavy atom. The molecule has 12 heteroatoms. The fourth-order valence-corrected chi connectivity index (χ4v) is 5.06. The van der Waals surface area contributed by atoms with Crippen molar-refractivity contribution in [2.45, 2.75) is 58.2 Å². The molecule has 4 rings (SSSR count). The summed E-state index contributed by atoms with van der Waals surface area (Å²) in [5.41, 5.74) is 10.3. The number of amides is 4. The molecule has 0 spiro atoms. The number of likely N-dealkylation sites (N-methyl/N-ethyl adjacent to an activating group) is 1. The third-order valence-electron chi connectivity index (χ3n) is 7.26. The number of para-hydroxylation sites is 1. The van der Waals surface area contributed by atoms with E-state index in [9.17, 15) is 14.4 Å². The number of nitrogens with one attached hydrogen (secondary N) is 3. The van der Waals surface area contributed by atoms with Crippen molar-refractivity contribution in [3.05, 3.63) is 54.1 Å². The number of ether oxygens (including phenoxy) is 1. The predicted octanol–water partition coefficient (Wildman–Crippen LogP) is 3.41. The van der Waals surface area contributed by atoms with Gasteiger partial charge in [0.1, 0.15) is 12.3 Å². The SMILES string of the molecule is CCCCNC(CCCCNC(=O)OCCn1nnc2c1-c1ccccc1CN(C(N)=O)c1ccccc1-2)C(=O)NC. The summed E-state index contributed by atoms with van der Waals surface area (Å²) < 4.78 is 7.16. The molecule has 1 aliphatic rings. The molecule has 224 valence electrons. The van der Waals surface area contributed by atoms with E-state index in [2.05, 4.69) is 33.2 Å². The molecule has 0 saturated heterocycles. The van der Waals surface area contributed by atoms with Crippen molar-refractivity contribution < 1.29 is 19.1 Å². The van der Waals surface area contributed by atoms with Crippen molar-refractivity contribution >= 4 is 23.7 Å². The van der Waals surface area contributed by atoms with Crippen molar-refractivity contribution in [2.24, 2.45) is 5.73 Å². The lowest BCUT2D eigenvalue weighted by molar-refractivity contribution is -0.122. The Morgan fingerprint density at radius 1 is 1.02 bits per heavy atom. The Labute approximate surface area is 246 Å². The molecule has 1 atom stereocenters. The van der Waals surface area contributed by atoms with E-state index in [-0.39, 0.29) is 18.6 Å². The number of alkyl carbamates (subject to hydrolysis) is 1. The summed E-state index contributed by atoms with van der Waals surface area (Å²) in [6, 6.07) is 14.4. The third kappa shape index (κ3) is 7.43. The Kier molecular flexibility index (Phi) is 10.9. The first-order chi connectivity index (χ1) is 20.4. The van der Waals surface area contributed by atoms with Crippen LogP contribution in [0.25, 0.3) is 22.5 Å². The summed E-state index contributed by atoms with van der Waals surface area (Å²) in [5, 5.41) is 17.6. The van der Waals surface area contributed by atoms with Gasteiger partial charge in [0.05, 0.1) is 30.5 Å². The first-order valence-corrected chi connectivity index (χ1v) is 14.5. The quantitative estimate of drug-likeness (QED) is 0.227. The van der Waals surface area contributed by atoms with Crippen molar-refractivity contribution in [1.29, 1.82) is 0 Å². The molecule has 0 saturated carbocycles. The van der Waals surface area contributed by atoms with Gasteiger partial charge in [-0.2, -0.15) is 0 Å². The van der Waals surface area contributed by atoms with Crippen LogP contribution < -0.4 is 26.6 Å². The smallest absolute Gasteiger partial charge is 0.407 e. The van der Waals surface area contributed by atoms with E-state index in [0.717, 1.165) is 54.6 Å². The average Bonchev–Trinajstić information content (AvgIpc) is 3.40. The number of benzene rings is 2. The zero-order valence-electron chi connectivity index (χ0n) is 24.3. The van der Waals surface area contributed by atoms with E-state index >= 15 is 0 Å². The number of hydrogen-bond acceptors (Lipinski definition) is 7. The van der Waals surface area contributed by atoms with Crippen molar-refractivity contribution in [3.63, 3.8) is 0 Å². The molecule has 2 heterocycles. The van der Waals surface area contributed by atoms with Gasteiger partial charge in [-0.3, -0.25) is 9.69 Å². The summed E-state index contributed by atoms with van der Waals surface area (Å²) >= 11 is 0. The van der Waals surface area contributed by atoms with Gasteiger partial charge in [0.2, 0.25) is 5.91 Å². The minimum atomic E-state index is -0.553. The van der Waals surface area contributed by atoms with E-state index in [1.54, 1.807) is 11.7 Å². The first-order valence-electron chi connectivity index (χ1n) is 14.5. The molecule has 0 aliphatic carbocycles. The van der Waals surface area contributed by atoms with E-state index < -0.39 is 12.1 Å². The van der Waals surface area contributed by atoms with Crippen molar-refractivity contribution in [3.8, 4) is 22.5 Å². The average molecular weight is 577 g/mol. The molecular formula is C30H40N8O4. The molecular weight excluding hydrogens is 536 g/mol. The molecule has 1 unspecified atom stereocenters. The van der Waals surface area contributed by atoms with Crippen LogP contribution in [0.1, 0.15) is 44.6 Å². The van der Waals surface area contributed by atoms with Crippen molar-refractivity contribution in [1.82, 2.24) is 30.9 Å². The van der Waals surface area contributed by atoms with Crippen LogP contribution in [0, 0.1) is 0 Å². The van der Waals surface area contributed by atoms with Crippen LogP contribution in [0.5, 0.6) is 0 Å². The highest BCUT2D eigenvalue weighted by atomic mass is 16.5.